The van der Waals surface area contributed by atoms with Crippen LogP contribution in [-0.2, 0) is 22.5 Å². The van der Waals surface area contributed by atoms with Crippen molar-refractivity contribution in [3.8, 4) is 0 Å². The van der Waals surface area contributed by atoms with Gasteiger partial charge in [0.1, 0.15) is 16.9 Å². The topological polar surface area (TPSA) is 92.8 Å². The number of hydrogen-bond donors (Lipinski definition) is 2. The first-order valence-electron chi connectivity index (χ1n) is 9.84. The number of halogens is 1. The quantitative estimate of drug-likeness (QED) is 0.442. The molecule has 0 aliphatic rings. The van der Waals surface area contributed by atoms with Gasteiger partial charge in [-0.15, -0.1) is 11.3 Å². The van der Waals surface area contributed by atoms with Crippen LogP contribution in [0.15, 0.2) is 34.6 Å². The first-order valence-corrected chi connectivity index (χ1v) is 10.7. The molecule has 2 aromatic rings. The van der Waals surface area contributed by atoms with Crippen LogP contribution in [0.5, 0.6) is 0 Å². The molecule has 0 radical (unpaired) electrons. The van der Waals surface area contributed by atoms with Crippen molar-refractivity contribution >= 4 is 23.2 Å². The van der Waals surface area contributed by atoms with Gasteiger partial charge in [-0.1, -0.05) is 12.1 Å². The van der Waals surface area contributed by atoms with Gasteiger partial charge in [0, 0.05) is 26.1 Å². The predicted molar refractivity (Wildman–Crippen MR) is 118 cm³/mol. The molecule has 0 saturated heterocycles. The van der Waals surface area contributed by atoms with Crippen LogP contribution in [0.3, 0.4) is 0 Å². The van der Waals surface area contributed by atoms with Crippen LogP contribution < -0.4 is 11.1 Å². The Bertz CT molecular complexity index is 840. The zero-order valence-electron chi connectivity index (χ0n) is 17.9. The highest BCUT2D eigenvalue weighted by Gasteiger charge is 2.18. The predicted octanol–water partition coefficient (Wildman–Crippen LogP) is 2.73. The van der Waals surface area contributed by atoms with E-state index in [-0.39, 0.29) is 18.5 Å². The molecule has 0 spiro atoms. The van der Waals surface area contributed by atoms with Gasteiger partial charge in [0.2, 0.25) is 5.91 Å². The molecule has 0 saturated carbocycles. The van der Waals surface area contributed by atoms with E-state index in [2.05, 4.69) is 15.3 Å². The zero-order valence-corrected chi connectivity index (χ0v) is 18.7. The Morgan fingerprint density at radius 3 is 2.70 bits per heavy atom. The summed E-state index contributed by atoms with van der Waals surface area (Å²) in [5, 5.41) is 6.17. The third-order valence-electron chi connectivity index (χ3n) is 4.63. The molecule has 2 rings (SSSR count). The van der Waals surface area contributed by atoms with Crippen LogP contribution >= 0.6 is 11.3 Å². The summed E-state index contributed by atoms with van der Waals surface area (Å²) in [5.41, 5.74) is 7.35. The number of rotatable bonds is 10. The second-order valence-corrected chi connectivity index (χ2v) is 7.93. The normalized spacial score (nSPS) is 13.7. The molecule has 3 N–H and O–H groups in total. The highest BCUT2D eigenvalue weighted by Crippen LogP contribution is 2.21. The number of ether oxygens (including phenoxy) is 1. The van der Waals surface area contributed by atoms with E-state index >= 15 is 0 Å². The van der Waals surface area contributed by atoms with Crippen molar-refractivity contribution in [3.05, 3.63) is 51.7 Å². The summed E-state index contributed by atoms with van der Waals surface area (Å²) >= 11 is 1.56. The number of thiazole rings is 1. The zero-order chi connectivity index (χ0) is 22.1. The fourth-order valence-corrected chi connectivity index (χ4v) is 3.67. The lowest BCUT2D eigenvalue weighted by atomic mass is 9.99. The highest BCUT2D eigenvalue weighted by atomic mass is 32.1. The number of primary amides is 1. The van der Waals surface area contributed by atoms with Crippen molar-refractivity contribution in [2.75, 3.05) is 27.2 Å². The van der Waals surface area contributed by atoms with Crippen molar-refractivity contribution in [1.82, 2.24) is 15.2 Å². The molecule has 1 heterocycles. The molecule has 0 fully saturated rings. The molecule has 0 aliphatic carbocycles. The van der Waals surface area contributed by atoms with E-state index < -0.39 is 11.8 Å². The number of nitrogens with two attached hydrogens (primary N) is 1. The molecule has 2 unspecified atom stereocenters. The summed E-state index contributed by atoms with van der Waals surface area (Å²) in [5.74, 6) is -0.559. The summed E-state index contributed by atoms with van der Waals surface area (Å²) in [7, 11) is 3.58. The minimum Gasteiger partial charge on any atom is -0.375 e. The van der Waals surface area contributed by atoms with E-state index in [0.29, 0.717) is 25.5 Å². The van der Waals surface area contributed by atoms with E-state index in [1.807, 2.05) is 31.2 Å². The summed E-state index contributed by atoms with van der Waals surface area (Å²) < 4.78 is 18.4. The standard InChI is InChI=1S/C21H30FN5O2S/c1-5-24-21(27(3)12-18-13-30-20(26-18)14(2)29-4)25-11-16(19(23)28)10-15-6-8-17(22)9-7-15/h6-9,13-14,16H,5,10-12H2,1-4H3,(H2,23,28)(H,24,25). The average Bonchev–Trinajstić information content (AvgIpc) is 3.19. The second-order valence-electron chi connectivity index (χ2n) is 7.04. The molecule has 164 valence electrons. The maximum atomic E-state index is 13.1. The van der Waals surface area contributed by atoms with Gasteiger partial charge in [-0.25, -0.2) is 9.37 Å². The minimum atomic E-state index is -0.481. The van der Waals surface area contributed by atoms with Crippen molar-refractivity contribution in [2.45, 2.75) is 32.9 Å². The average molecular weight is 436 g/mol. The number of aliphatic imine (C=N–C) groups is 1. The van der Waals surface area contributed by atoms with Crippen molar-refractivity contribution < 1.29 is 13.9 Å². The van der Waals surface area contributed by atoms with Gasteiger partial charge < -0.3 is 20.7 Å². The molecule has 0 aliphatic heterocycles. The number of methoxy groups -OCH3 is 1. The number of carbonyl (C=O) groups excluding carboxylic acids is 1. The molecule has 0 bridgehead atoms. The molecule has 1 amide bonds. The van der Waals surface area contributed by atoms with Crippen LogP contribution in [0.2, 0.25) is 0 Å². The summed E-state index contributed by atoms with van der Waals surface area (Å²) in [6.45, 7) is 5.43. The Morgan fingerprint density at radius 1 is 1.40 bits per heavy atom. The number of nitrogens with one attached hydrogen (secondary N) is 1. The maximum Gasteiger partial charge on any atom is 0.222 e. The van der Waals surface area contributed by atoms with Crippen molar-refractivity contribution in [2.24, 2.45) is 16.6 Å². The van der Waals surface area contributed by atoms with Crippen LogP contribution in [0.4, 0.5) is 4.39 Å². The maximum absolute atomic E-state index is 13.1. The lowest BCUT2D eigenvalue weighted by molar-refractivity contribution is -0.121. The molecule has 1 aromatic heterocycles. The minimum absolute atomic E-state index is 0.0428. The van der Waals surface area contributed by atoms with E-state index in [9.17, 15) is 9.18 Å². The largest absolute Gasteiger partial charge is 0.375 e. The van der Waals surface area contributed by atoms with E-state index in [1.165, 1.54) is 12.1 Å². The summed E-state index contributed by atoms with van der Waals surface area (Å²) in [6, 6.07) is 6.07. The smallest absolute Gasteiger partial charge is 0.222 e. The van der Waals surface area contributed by atoms with Crippen LogP contribution in [0.25, 0.3) is 0 Å². The summed E-state index contributed by atoms with van der Waals surface area (Å²) in [4.78, 5) is 23.1. The van der Waals surface area contributed by atoms with Crippen LogP contribution in [0.1, 0.15) is 36.2 Å². The van der Waals surface area contributed by atoms with Gasteiger partial charge in [-0.2, -0.15) is 0 Å². The first kappa shape index (κ1) is 23.8. The van der Waals surface area contributed by atoms with E-state index in [1.54, 1.807) is 30.6 Å². The molecule has 9 heteroatoms. The number of benzene rings is 1. The second kappa shape index (κ2) is 11.6. The SMILES string of the molecule is CCNC(=NCC(Cc1ccc(F)cc1)C(N)=O)N(C)Cc1csc(C(C)OC)n1. The Morgan fingerprint density at radius 2 is 2.10 bits per heavy atom. The third kappa shape index (κ3) is 7.07. The van der Waals surface area contributed by atoms with Crippen LogP contribution in [-0.4, -0.2) is 49.0 Å². The molecular formula is C21H30FN5O2S. The lowest BCUT2D eigenvalue weighted by Gasteiger charge is -2.22. The molecule has 2 atom stereocenters. The fraction of sp³-hybridized carbons (Fsp3) is 0.476. The molecule has 1 aromatic carbocycles. The number of carbonyl (C=O) groups is 1. The fourth-order valence-electron chi connectivity index (χ4n) is 2.83. The van der Waals surface area contributed by atoms with Gasteiger partial charge in [0.05, 0.1) is 24.7 Å². The Balaban J connectivity index is 2.07. The molecule has 30 heavy (non-hydrogen) atoms. The van der Waals surface area contributed by atoms with Gasteiger partial charge in [0.25, 0.3) is 0 Å². The third-order valence-corrected chi connectivity index (χ3v) is 5.68. The van der Waals surface area contributed by atoms with E-state index in [0.717, 1.165) is 16.3 Å². The van der Waals surface area contributed by atoms with E-state index in [4.69, 9.17) is 10.5 Å². The van der Waals surface area contributed by atoms with Gasteiger partial charge in [-0.3, -0.25) is 9.79 Å². The number of guanidine groups is 1. The number of hydrogen-bond acceptors (Lipinski definition) is 5. The number of amides is 1. The Hall–Kier alpha value is -2.52. The summed E-state index contributed by atoms with van der Waals surface area (Å²) in [6.07, 6.45) is 0.366. The lowest BCUT2D eigenvalue weighted by Crippen LogP contribution is -2.39. The number of aromatic nitrogens is 1. The first-order chi connectivity index (χ1) is 14.3. The van der Waals surface area contributed by atoms with Crippen molar-refractivity contribution in [3.63, 3.8) is 0 Å². The van der Waals surface area contributed by atoms with Gasteiger partial charge in [-0.05, 0) is 38.0 Å². The molecular weight excluding hydrogens is 405 g/mol. The van der Waals surface area contributed by atoms with Gasteiger partial charge >= 0.3 is 0 Å². The Labute approximate surface area is 181 Å². The van der Waals surface area contributed by atoms with Gasteiger partial charge in [0.15, 0.2) is 5.96 Å². The monoisotopic (exact) mass is 435 g/mol. The number of nitrogens with zero attached hydrogens (tertiary/aromatic N) is 3. The Kier molecular flexibility index (Phi) is 9.19. The molecule has 7 nitrogen and oxygen atoms in total. The van der Waals surface area contributed by atoms with Crippen molar-refractivity contribution in [1.29, 1.82) is 0 Å². The van der Waals surface area contributed by atoms with Crippen LogP contribution in [0, 0.1) is 11.7 Å². The highest BCUT2D eigenvalue weighted by molar-refractivity contribution is 7.09.